The molecule has 0 saturated carbocycles. The first-order chi connectivity index (χ1) is 10.6. The minimum absolute atomic E-state index is 0.215. The number of fused-ring (bicyclic) bond motifs is 1. The van der Waals surface area contributed by atoms with Gasteiger partial charge in [0.15, 0.2) is 0 Å². The van der Waals surface area contributed by atoms with Crippen molar-refractivity contribution in [3.05, 3.63) is 17.6 Å². The summed E-state index contributed by atoms with van der Waals surface area (Å²) in [6, 6.07) is 0. The number of rotatable bonds is 4. The topological polar surface area (TPSA) is 89.4 Å². The highest BCUT2D eigenvalue weighted by molar-refractivity contribution is 5.74. The van der Waals surface area contributed by atoms with Crippen LogP contribution in [0.15, 0.2) is 6.33 Å². The van der Waals surface area contributed by atoms with Crippen molar-refractivity contribution in [2.45, 2.75) is 39.5 Å². The molecule has 0 radical (unpaired) electrons. The van der Waals surface area contributed by atoms with E-state index in [0.717, 1.165) is 54.9 Å². The molecule has 0 aliphatic carbocycles. The van der Waals surface area contributed by atoms with Gasteiger partial charge in [-0.1, -0.05) is 0 Å². The Morgan fingerprint density at radius 2 is 2.27 bits per heavy atom. The van der Waals surface area contributed by atoms with Crippen LogP contribution >= 0.6 is 0 Å². The van der Waals surface area contributed by atoms with Gasteiger partial charge in [-0.15, -0.1) is 10.2 Å². The minimum atomic E-state index is -0.215. The number of amides is 1. The normalized spacial score (nSPS) is 18.8. The molecule has 1 saturated heterocycles. The summed E-state index contributed by atoms with van der Waals surface area (Å²) in [5.74, 6) is 0.282. The molecule has 1 aliphatic rings. The second kappa shape index (κ2) is 5.90. The molecule has 3 rings (SSSR count). The summed E-state index contributed by atoms with van der Waals surface area (Å²) in [6.07, 6.45) is 5.23. The van der Waals surface area contributed by atoms with Crippen molar-refractivity contribution in [2.24, 2.45) is 11.7 Å². The molecular weight excluding hydrogens is 280 g/mol. The summed E-state index contributed by atoms with van der Waals surface area (Å²) in [5.41, 5.74) is 9.34. The Labute approximate surface area is 129 Å². The number of anilines is 1. The third kappa shape index (κ3) is 2.75. The van der Waals surface area contributed by atoms with Crippen LogP contribution < -0.4 is 10.6 Å². The van der Waals surface area contributed by atoms with Gasteiger partial charge in [0.05, 0.1) is 11.4 Å². The van der Waals surface area contributed by atoms with Crippen molar-refractivity contribution >= 4 is 17.2 Å². The predicted molar refractivity (Wildman–Crippen MR) is 83.6 cm³/mol. The van der Waals surface area contributed by atoms with E-state index in [1.807, 2.05) is 6.92 Å². The standard InChI is InChI=1S/C15H22N6O/c1-10-11(2)19-21-9-17-18-15(21)14(10)20-7-3-4-12(8-20)5-6-13(16)22/h9,12H,3-8H2,1-2H3,(H2,16,22). The number of primary amides is 1. The Bertz CT molecular complexity index is 695. The van der Waals surface area contributed by atoms with Gasteiger partial charge in [0.1, 0.15) is 6.33 Å². The average molecular weight is 302 g/mol. The van der Waals surface area contributed by atoms with E-state index in [-0.39, 0.29) is 5.91 Å². The van der Waals surface area contributed by atoms with Gasteiger partial charge in [0, 0.05) is 19.5 Å². The van der Waals surface area contributed by atoms with Gasteiger partial charge in [0.2, 0.25) is 11.6 Å². The lowest BCUT2D eigenvalue weighted by Gasteiger charge is -2.35. The fourth-order valence-electron chi connectivity index (χ4n) is 3.26. The van der Waals surface area contributed by atoms with E-state index in [0.29, 0.717) is 12.3 Å². The van der Waals surface area contributed by atoms with Crippen LogP contribution in [0.2, 0.25) is 0 Å². The van der Waals surface area contributed by atoms with Gasteiger partial charge in [0.25, 0.3) is 0 Å². The number of aromatic nitrogens is 4. The fourth-order valence-corrected chi connectivity index (χ4v) is 3.26. The summed E-state index contributed by atoms with van der Waals surface area (Å²) in [7, 11) is 0. The molecule has 1 fully saturated rings. The van der Waals surface area contributed by atoms with E-state index in [9.17, 15) is 4.79 Å². The maximum Gasteiger partial charge on any atom is 0.217 e. The molecule has 1 unspecified atom stereocenters. The Morgan fingerprint density at radius 1 is 1.45 bits per heavy atom. The minimum Gasteiger partial charge on any atom is -0.370 e. The summed E-state index contributed by atoms with van der Waals surface area (Å²) < 4.78 is 1.74. The van der Waals surface area contributed by atoms with Crippen LogP contribution in [-0.4, -0.2) is 38.8 Å². The molecule has 7 heteroatoms. The zero-order valence-corrected chi connectivity index (χ0v) is 13.1. The van der Waals surface area contributed by atoms with Gasteiger partial charge < -0.3 is 10.6 Å². The van der Waals surface area contributed by atoms with Crippen LogP contribution in [0.25, 0.3) is 5.65 Å². The smallest absolute Gasteiger partial charge is 0.217 e. The van der Waals surface area contributed by atoms with Crippen LogP contribution in [0.5, 0.6) is 0 Å². The molecule has 0 spiro atoms. The van der Waals surface area contributed by atoms with Gasteiger partial charge in [-0.3, -0.25) is 4.79 Å². The Morgan fingerprint density at radius 3 is 3.05 bits per heavy atom. The van der Waals surface area contributed by atoms with Crippen molar-refractivity contribution in [3.8, 4) is 0 Å². The number of nitrogens with two attached hydrogens (primary N) is 1. The summed E-state index contributed by atoms with van der Waals surface area (Å²) in [5, 5.41) is 12.7. The molecule has 2 N–H and O–H groups in total. The van der Waals surface area contributed by atoms with Crippen LogP contribution in [0, 0.1) is 19.8 Å². The van der Waals surface area contributed by atoms with E-state index in [1.165, 1.54) is 0 Å². The van der Waals surface area contributed by atoms with Crippen molar-refractivity contribution in [1.82, 2.24) is 19.8 Å². The SMILES string of the molecule is Cc1nn2cnnc2c(N2CCCC(CCC(N)=O)C2)c1C. The molecule has 2 aromatic rings. The highest BCUT2D eigenvalue weighted by Crippen LogP contribution is 2.31. The number of piperidine rings is 1. The second-order valence-electron chi connectivity index (χ2n) is 6.12. The number of carbonyl (C=O) groups is 1. The van der Waals surface area contributed by atoms with Gasteiger partial charge in [-0.25, -0.2) is 0 Å². The second-order valence-corrected chi connectivity index (χ2v) is 6.12. The van der Waals surface area contributed by atoms with E-state index >= 15 is 0 Å². The first-order valence-electron chi connectivity index (χ1n) is 7.76. The number of aryl methyl sites for hydroxylation is 1. The highest BCUT2D eigenvalue weighted by Gasteiger charge is 2.25. The Kier molecular flexibility index (Phi) is 3.96. The first-order valence-corrected chi connectivity index (χ1v) is 7.76. The lowest BCUT2D eigenvalue weighted by Crippen LogP contribution is -2.36. The monoisotopic (exact) mass is 302 g/mol. The van der Waals surface area contributed by atoms with E-state index < -0.39 is 0 Å². The molecular formula is C15H22N6O. The quantitative estimate of drug-likeness (QED) is 0.917. The zero-order chi connectivity index (χ0) is 15.7. The molecule has 1 aliphatic heterocycles. The lowest BCUT2D eigenvalue weighted by atomic mass is 9.92. The summed E-state index contributed by atoms with van der Waals surface area (Å²) >= 11 is 0. The maximum atomic E-state index is 11.0. The molecule has 0 aromatic carbocycles. The summed E-state index contributed by atoms with van der Waals surface area (Å²) in [6.45, 7) is 6.02. The largest absolute Gasteiger partial charge is 0.370 e. The van der Waals surface area contributed by atoms with E-state index in [2.05, 4.69) is 27.1 Å². The highest BCUT2D eigenvalue weighted by atomic mass is 16.1. The Balaban J connectivity index is 1.88. The van der Waals surface area contributed by atoms with Gasteiger partial charge in [-0.2, -0.15) is 9.61 Å². The van der Waals surface area contributed by atoms with Gasteiger partial charge >= 0.3 is 0 Å². The van der Waals surface area contributed by atoms with E-state index in [4.69, 9.17) is 5.73 Å². The molecule has 3 heterocycles. The molecule has 2 aromatic heterocycles. The van der Waals surface area contributed by atoms with E-state index in [1.54, 1.807) is 10.8 Å². The third-order valence-corrected chi connectivity index (χ3v) is 4.53. The van der Waals surface area contributed by atoms with Gasteiger partial charge in [-0.05, 0) is 44.6 Å². The first kappa shape index (κ1) is 14.7. The van der Waals surface area contributed by atoms with Crippen molar-refractivity contribution < 1.29 is 4.79 Å². The third-order valence-electron chi connectivity index (χ3n) is 4.53. The molecule has 118 valence electrons. The summed E-state index contributed by atoms with van der Waals surface area (Å²) in [4.78, 5) is 13.4. The fraction of sp³-hybridized carbons (Fsp3) is 0.600. The lowest BCUT2D eigenvalue weighted by molar-refractivity contribution is -0.118. The predicted octanol–water partition coefficient (Wildman–Crippen LogP) is 1.22. The average Bonchev–Trinajstić information content (AvgIpc) is 2.94. The van der Waals surface area contributed by atoms with Crippen molar-refractivity contribution in [3.63, 3.8) is 0 Å². The van der Waals surface area contributed by atoms with Crippen molar-refractivity contribution in [2.75, 3.05) is 18.0 Å². The molecule has 7 nitrogen and oxygen atoms in total. The molecule has 22 heavy (non-hydrogen) atoms. The van der Waals surface area contributed by atoms with Crippen LogP contribution in [0.4, 0.5) is 5.69 Å². The molecule has 1 atom stereocenters. The van der Waals surface area contributed by atoms with Crippen LogP contribution in [0.1, 0.15) is 36.9 Å². The molecule has 1 amide bonds. The van der Waals surface area contributed by atoms with Crippen molar-refractivity contribution in [1.29, 1.82) is 0 Å². The number of nitrogens with zero attached hydrogens (tertiary/aromatic N) is 5. The maximum absolute atomic E-state index is 11.0. The zero-order valence-electron chi connectivity index (χ0n) is 13.1. The Hall–Kier alpha value is -2.18. The number of hydrogen-bond acceptors (Lipinski definition) is 5. The molecule has 0 bridgehead atoms. The van der Waals surface area contributed by atoms with Crippen LogP contribution in [0.3, 0.4) is 0 Å². The van der Waals surface area contributed by atoms with Crippen LogP contribution in [-0.2, 0) is 4.79 Å². The number of carbonyl (C=O) groups excluding carboxylic acids is 1. The number of hydrogen-bond donors (Lipinski definition) is 1.